The number of ketones is 2. The van der Waals surface area contributed by atoms with Crippen LogP contribution in [0.4, 0.5) is 13.2 Å². The number of rotatable bonds is 2. The normalized spacial score (nSPS) is 14.5. The van der Waals surface area contributed by atoms with Gasteiger partial charge in [0.05, 0.1) is 5.69 Å². The Balaban J connectivity index is 1.87. The van der Waals surface area contributed by atoms with Crippen molar-refractivity contribution in [2.45, 2.75) is 12.6 Å². The maximum Gasteiger partial charge on any atom is 0.435 e. The van der Waals surface area contributed by atoms with E-state index in [0.717, 1.165) is 12.1 Å². The van der Waals surface area contributed by atoms with Crippen molar-refractivity contribution in [1.82, 2.24) is 10.2 Å². The number of alkyl halides is 3. The highest BCUT2D eigenvalue weighted by atomic mass is 19.4. The molecule has 7 heteroatoms. The predicted octanol–water partition coefficient (Wildman–Crippen LogP) is 3.04. The second kappa shape index (κ2) is 5.42. The van der Waals surface area contributed by atoms with E-state index in [4.69, 9.17) is 0 Å². The topological polar surface area (TPSA) is 59.9 Å². The van der Waals surface area contributed by atoms with E-state index in [1.54, 1.807) is 24.3 Å². The van der Waals surface area contributed by atoms with Crippen molar-refractivity contribution in [3.8, 4) is 0 Å². The van der Waals surface area contributed by atoms with Gasteiger partial charge in [0.2, 0.25) is 0 Å². The van der Waals surface area contributed by atoms with Crippen LogP contribution in [-0.2, 0) is 12.6 Å². The number of allylic oxidation sites excluding steroid dienone is 2. The highest BCUT2D eigenvalue weighted by molar-refractivity contribution is 6.24. The first-order chi connectivity index (χ1) is 10.9. The zero-order valence-corrected chi connectivity index (χ0v) is 11.6. The number of carbonyl (C=O) groups is 2. The van der Waals surface area contributed by atoms with E-state index >= 15 is 0 Å². The quantitative estimate of drug-likeness (QED) is 0.854. The molecule has 0 bridgehead atoms. The predicted molar refractivity (Wildman–Crippen MR) is 73.9 cm³/mol. The van der Waals surface area contributed by atoms with Crippen LogP contribution in [0.25, 0.3) is 0 Å². The molecule has 0 fully saturated rings. The molecule has 4 nitrogen and oxygen atoms in total. The molecule has 1 aromatic heterocycles. The molecule has 2 aromatic rings. The summed E-state index contributed by atoms with van der Waals surface area (Å²) in [6.45, 7) is 0. The summed E-state index contributed by atoms with van der Waals surface area (Å²) in [5.74, 6) is -0.642. The number of halogens is 3. The molecule has 0 radical (unpaired) electrons. The number of Topliss-reactive ketones (excluding diaryl/α,β-unsaturated/α-hetero) is 1. The van der Waals surface area contributed by atoms with Crippen LogP contribution in [0.2, 0.25) is 0 Å². The second-order valence-corrected chi connectivity index (χ2v) is 4.99. The molecule has 0 saturated heterocycles. The standard InChI is InChI=1S/C16H9F3N2O2/c17-16(18,19)14-6-5-10(20-21-14)7-9-8-13(22)11-3-1-2-4-12(11)15(9)23/h1-6,8H,7H2. The fraction of sp³-hybridized carbons (Fsp3) is 0.125. The lowest BCUT2D eigenvalue weighted by Crippen LogP contribution is -2.18. The first-order valence-corrected chi connectivity index (χ1v) is 6.64. The van der Waals surface area contributed by atoms with Crippen molar-refractivity contribution in [1.29, 1.82) is 0 Å². The summed E-state index contributed by atoms with van der Waals surface area (Å²) < 4.78 is 37.3. The summed E-state index contributed by atoms with van der Waals surface area (Å²) in [7, 11) is 0. The average molecular weight is 318 g/mol. The van der Waals surface area contributed by atoms with Crippen LogP contribution < -0.4 is 0 Å². The van der Waals surface area contributed by atoms with E-state index in [-0.39, 0.29) is 34.8 Å². The first kappa shape index (κ1) is 15.1. The Kier molecular flexibility index (Phi) is 3.55. The maximum atomic E-state index is 12.4. The molecule has 0 N–H and O–H groups in total. The second-order valence-electron chi connectivity index (χ2n) is 4.99. The van der Waals surface area contributed by atoms with Gasteiger partial charge in [-0.25, -0.2) is 0 Å². The zero-order valence-electron chi connectivity index (χ0n) is 11.6. The van der Waals surface area contributed by atoms with Gasteiger partial charge < -0.3 is 0 Å². The molecule has 0 aliphatic heterocycles. The Bertz CT molecular complexity index is 824. The summed E-state index contributed by atoms with van der Waals surface area (Å²) in [6.07, 6.45) is -3.42. The molecule has 1 heterocycles. The smallest absolute Gasteiger partial charge is 0.289 e. The Morgan fingerprint density at radius 1 is 0.913 bits per heavy atom. The molecule has 1 aliphatic rings. The number of fused-ring (bicyclic) bond motifs is 1. The van der Waals surface area contributed by atoms with Crippen LogP contribution in [0.15, 0.2) is 48.0 Å². The van der Waals surface area contributed by atoms with Crippen molar-refractivity contribution in [3.63, 3.8) is 0 Å². The molecular formula is C16H9F3N2O2. The van der Waals surface area contributed by atoms with Crippen molar-refractivity contribution in [2.24, 2.45) is 0 Å². The minimum Gasteiger partial charge on any atom is -0.289 e. The number of nitrogens with zero attached hydrogens (tertiary/aromatic N) is 2. The largest absolute Gasteiger partial charge is 0.435 e. The maximum absolute atomic E-state index is 12.4. The zero-order chi connectivity index (χ0) is 16.6. The van der Waals surface area contributed by atoms with Gasteiger partial charge in [0, 0.05) is 23.1 Å². The molecule has 0 unspecified atom stereocenters. The van der Waals surface area contributed by atoms with Gasteiger partial charge in [-0.05, 0) is 18.2 Å². The number of benzene rings is 1. The van der Waals surface area contributed by atoms with E-state index in [1.807, 2.05) is 0 Å². The fourth-order valence-electron chi connectivity index (χ4n) is 2.30. The molecule has 116 valence electrons. The summed E-state index contributed by atoms with van der Waals surface area (Å²) in [4.78, 5) is 24.3. The number of aromatic nitrogens is 2. The molecule has 23 heavy (non-hydrogen) atoms. The van der Waals surface area contributed by atoms with Crippen LogP contribution in [0, 0.1) is 0 Å². The molecule has 0 spiro atoms. The third-order valence-corrected chi connectivity index (χ3v) is 3.42. The minimum absolute atomic E-state index is 0.0515. The Labute approximate surface area is 128 Å². The molecule has 0 amide bonds. The highest BCUT2D eigenvalue weighted by Gasteiger charge is 2.33. The van der Waals surface area contributed by atoms with Crippen LogP contribution in [0.1, 0.15) is 32.1 Å². The summed E-state index contributed by atoms with van der Waals surface area (Å²) in [6, 6.07) is 8.34. The van der Waals surface area contributed by atoms with Crippen LogP contribution in [-0.4, -0.2) is 21.8 Å². The Hall–Kier alpha value is -2.83. The van der Waals surface area contributed by atoms with Gasteiger partial charge in [-0.3, -0.25) is 9.59 Å². The summed E-state index contributed by atoms with van der Waals surface area (Å²) in [5, 5.41) is 6.59. The molecular weight excluding hydrogens is 309 g/mol. The molecule has 0 saturated carbocycles. The lowest BCUT2D eigenvalue weighted by molar-refractivity contribution is -0.141. The molecule has 3 rings (SSSR count). The van der Waals surface area contributed by atoms with Gasteiger partial charge >= 0.3 is 6.18 Å². The number of hydrogen-bond donors (Lipinski definition) is 0. The van der Waals surface area contributed by atoms with E-state index < -0.39 is 11.9 Å². The van der Waals surface area contributed by atoms with E-state index in [2.05, 4.69) is 10.2 Å². The Morgan fingerprint density at radius 2 is 1.61 bits per heavy atom. The third-order valence-electron chi connectivity index (χ3n) is 3.42. The van der Waals surface area contributed by atoms with Gasteiger partial charge in [0.15, 0.2) is 17.3 Å². The van der Waals surface area contributed by atoms with Crippen molar-refractivity contribution in [2.75, 3.05) is 0 Å². The minimum atomic E-state index is -4.57. The van der Waals surface area contributed by atoms with Gasteiger partial charge in [-0.15, -0.1) is 5.10 Å². The van der Waals surface area contributed by atoms with Crippen LogP contribution in [0.5, 0.6) is 0 Å². The lowest BCUT2D eigenvalue weighted by atomic mass is 9.87. The van der Waals surface area contributed by atoms with Crippen molar-refractivity contribution < 1.29 is 22.8 Å². The van der Waals surface area contributed by atoms with E-state index in [0.29, 0.717) is 5.56 Å². The first-order valence-electron chi connectivity index (χ1n) is 6.64. The van der Waals surface area contributed by atoms with E-state index in [1.165, 1.54) is 6.08 Å². The molecule has 1 aliphatic carbocycles. The van der Waals surface area contributed by atoms with Crippen molar-refractivity contribution in [3.05, 3.63) is 70.6 Å². The van der Waals surface area contributed by atoms with Crippen LogP contribution in [0.3, 0.4) is 0 Å². The average Bonchev–Trinajstić information content (AvgIpc) is 2.52. The number of carbonyl (C=O) groups excluding carboxylic acids is 2. The third kappa shape index (κ3) is 2.90. The summed E-state index contributed by atoms with van der Waals surface area (Å²) in [5.41, 5.74) is -0.131. The lowest BCUT2D eigenvalue weighted by Gasteiger charge is -2.14. The Morgan fingerprint density at radius 3 is 2.22 bits per heavy atom. The van der Waals surface area contributed by atoms with Gasteiger partial charge in [-0.2, -0.15) is 18.3 Å². The van der Waals surface area contributed by atoms with Crippen molar-refractivity contribution >= 4 is 11.6 Å². The van der Waals surface area contributed by atoms with E-state index in [9.17, 15) is 22.8 Å². The van der Waals surface area contributed by atoms with Gasteiger partial charge in [0.25, 0.3) is 0 Å². The fourth-order valence-corrected chi connectivity index (χ4v) is 2.30. The van der Waals surface area contributed by atoms with Gasteiger partial charge in [0.1, 0.15) is 0 Å². The molecule has 0 atom stereocenters. The SMILES string of the molecule is O=C1C=C(Cc2ccc(C(F)(F)F)nn2)C(=O)c2ccccc21. The van der Waals surface area contributed by atoms with Crippen LogP contribution >= 0.6 is 0 Å². The van der Waals surface area contributed by atoms with Gasteiger partial charge in [-0.1, -0.05) is 24.3 Å². The summed E-state index contributed by atoms with van der Waals surface area (Å²) >= 11 is 0. The number of hydrogen-bond acceptors (Lipinski definition) is 4. The highest BCUT2D eigenvalue weighted by Crippen LogP contribution is 2.27. The monoisotopic (exact) mass is 318 g/mol. The molecule has 1 aromatic carbocycles.